The smallest absolute Gasteiger partial charge is 0.341 e. The molecule has 0 aliphatic heterocycles. The Morgan fingerprint density at radius 3 is 2.45 bits per heavy atom. The zero-order valence-electron chi connectivity index (χ0n) is 13.2. The van der Waals surface area contributed by atoms with Gasteiger partial charge in [0.15, 0.2) is 5.78 Å². The van der Waals surface area contributed by atoms with Crippen LogP contribution in [0.5, 0.6) is 11.5 Å². The van der Waals surface area contributed by atoms with E-state index in [0.29, 0.717) is 17.1 Å². The monoisotopic (exact) mass is 304 g/mol. The normalized spacial score (nSPS) is 11.8. The van der Waals surface area contributed by atoms with Crippen molar-refractivity contribution in [1.82, 2.24) is 0 Å². The maximum absolute atomic E-state index is 12.1. The Morgan fingerprint density at radius 2 is 1.86 bits per heavy atom. The predicted octanol–water partition coefficient (Wildman–Crippen LogP) is 2.71. The predicted molar refractivity (Wildman–Crippen MR) is 83.0 cm³/mol. The molecular formula is C17H20O5. The van der Waals surface area contributed by atoms with E-state index in [9.17, 15) is 9.59 Å². The van der Waals surface area contributed by atoms with Crippen LogP contribution in [0.15, 0.2) is 47.6 Å². The van der Waals surface area contributed by atoms with E-state index in [0.717, 1.165) is 0 Å². The number of hydrogen-bond acceptors (Lipinski definition) is 5. The highest BCUT2D eigenvalue weighted by molar-refractivity contribution is 6.23. The van der Waals surface area contributed by atoms with Crippen molar-refractivity contribution in [3.05, 3.63) is 47.6 Å². The summed E-state index contributed by atoms with van der Waals surface area (Å²) in [6, 6.07) is 7.05. The van der Waals surface area contributed by atoms with Crippen molar-refractivity contribution in [2.24, 2.45) is 0 Å². The molecule has 0 atom stereocenters. The molecule has 22 heavy (non-hydrogen) atoms. The number of ketones is 1. The van der Waals surface area contributed by atoms with Crippen LogP contribution in [0.1, 0.15) is 13.8 Å². The number of methoxy groups -OCH3 is 2. The van der Waals surface area contributed by atoms with E-state index in [4.69, 9.17) is 9.47 Å². The van der Waals surface area contributed by atoms with Crippen LogP contribution in [-0.2, 0) is 14.3 Å². The van der Waals surface area contributed by atoms with E-state index < -0.39 is 5.97 Å². The molecule has 0 fully saturated rings. The molecule has 5 nitrogen and oxygen atoms in total. The molecule has 0 heterocycles. The van der Waals surface area contributed by atoms with Crippen molar-refractivity contribution in [1.29, 1.82) is 0 Å². The van der Waals surface area contributed by atoms with Gasteiger partial charge in [-0.3, -0.25) is 4.79 Å². The van der Waals surface area contributed by atoms with Gasteiger partial charge in [0.2, 0.25) is 0 Å². The summed E-state index contributed by atoms with van der Waals surface area (Å²) in [6.07, 6.45) is 3.06. The summed E-state index contributed by atoms with van der Waals surface area (Å²) in [7, 11) is 2.80. The van der Waals surface area contributed by atoms with Crippen LogP contribution in [0.3, 0.4) is 0 Å². The third-order valence-corrected chi connectivity index (χ3v) is 3.02. The summed E-state index contributed by atoms with van der Waals surface area (Å²) in [5.74, 6) is 0.189. The molecule has 0 N–H and O–H groups in total. The summed E-state index contributed by atoms with van der Waals surface area (Å²) in [4.78, 5) is 23.8. The van der Waals surface area contributed by atoms with Crippen LogP contribution in [0, 0.1) is 0 Å². The van der Waals surface area contributed by atoms with E-state index in [1.807, 2.05) is 0 Å². The average Bonchev–Trinajstić information content (AvgIpc) is 2.56. The number of carbonyl (C=O) groups is 2. The van der Waals surface area contributed by atoms with Crippen LogP contribution in [-0.4, -0.2) is 32.6 Å². The Morgan fingerprint density at radius 1 is 1.18 bits per heavy atom. The minimum Gasteiger partial charge on any atom is -0.497 e. The highest BCUT2D eigenvalue weighted by atomic mass is 16.5. The van der Waals surface area contributed by atoms with Crippen molar-refractivity contribution in [2.45, 2.75) is 13.8 Å². The third kappa shape index (κ3) is 4.77. The Balaban J connectivity index is 2.85. The fourth-order valence-corrected chi connectivity index (χ4v) is 1.63. The molecule has 0 aliphatic rings. The Kier molecular flexibility index (Phi) is 6.89. The molecule has 0 aliphatic carbocycles. The van der Waals surface area contributed by atoms with E-state index in [1.165, 1.54) is 13.2 Å². The van der Waals surface area contributed by atoms with Crippen molar-refractivity contribution in [3.63, 3.8) is 0 Å². The molecule has 0 aromatic heterocycles. The van der Waals surface area contributed by atoms with Gasteiger partial charge in [-0.2, -0.15) is 0 Å². The minimum absolute atomic E-state index is 0.0407. The van der Waals surface area contributed by atoms with Crippen LogP contribution in [0.4, 0.5) is 0 Å². The lowest BCUT2D eigenvalue weighted by Crippen LogP contribution is -2.16. The van der Waals surface area contributed by atoms with Gasteiger partial charge >= 0.3 is 5.97 Å². The second-order valence-electron chi connectivity index (χ2n) is 4.40. The number of allylic oxidation sites excluding steroid dienone is 2. The first kappa shape index (κ1) is 17.5. The van der Waals surface area contributed by atoms with Crippen LogP contribution in [0.2, 0.25) is 0 Å². The van der Waals surface area contributed by atoms with Crippen LogP contribution in [0.25, 0.3) is 0 Å². The molecule has 1 rings (SSSR count). The van der Waals surface area contributed by atoms with Crippen molar-refractivity contribution in [2.75, 3.05) is 20.8 Å². The zero-order valence-corrected chi connectivity index (χ0v) is 13.2. The first-order valence-corrected chi connectivity index (χ1v) is 6.76. The first-order chi connectivity index (χ1) is 10.5. The SMILES string of the molecule is C/C=C(\C)C(=O)/C(=C/COc1cccc(OC)c1)C(=O)OC. The molecule has 0 bridgehead atoms. The van der Waals surface area contributed by atoms with Crippen molar-refractivity contribution >= 4 is 11.8 Å². The van der Waals surface area contributed by atoms with Gasteiger partial charge in [0, 0.05) is 6.07 Å². The topological polar surface area (TPSA) is 61.8 Å². The fraction of sp³-hybridized carbons (Fsp3) is 0.294. The van der Waals surface area contributed by atoms with E-state index >= 15 is 0 Å². The lowest BCUT2D eigenvalue weighted by molar-refractivity contribution is -0.137. The maximum Gasteiger partial charge on any atom is 0.341 e. The van der Waals surface area contributed by atoms with Gasteiger partial charge in [-0.15, -0.1) is 0 Å². The molecule has 0 amide bonds. The van der Waals surface area contributed by atoms with Crippen LogP contribution < -0.4 is 9.47 Å². The quantitative estimate of drug-likeness (QED) is 0.335. The molecule has 0 saturated heterocycles. The summed E-state index contributed by atoms with van der Waals surface area (Å²) in [5.41, 5.74) is 0.430. The molecule has 0 saturated carbocycles. The van der Waals surface area contributed by atoms with E-state index in [-0.39, 0.29) is 18.0 Å². The second-order valence-corrected chi connectivity index (χ2v) is 4.40. The molecular weight excluding hydrogens is 284 g/mol. The zero-order chi connectivity index (χ0) is 16.5. The third-order valence-electron chi connectivity index (χ3n) is 3.02. The number of rotatable bonds is 7. The molecule has 0 unspecified atom stereocenters. The molecule has 118 valence electrons. The highest BCUT2D eigenvalue weighted by Gasteiger charge is 2.19. The summed E-state index contributed by atoms with van der Waals surface area (Å²) in [5, 5.41) is 0. The lowest BCUT2D eigenvalue weighted by Gasteiger charge is -2.07. The van der Waals surface area contributed by atoms with Gasteiger partial charge < -0.3 is 14.2 Å². The Labute approximate surface area is 130 Å². The van der Waals surface area contributed by atoms with Gasteiger partial charge in [0.05, 0.1) is 14.2 Å². The Bertz CT molecular complexity index is 599. The Hall–Kier alpha value is -2.56. The number of ether oxygens (including phenoxy) is 3. The lowest BCUT2D eigenvalue weighted by atomic mass is 10.0. The summed E-state index contributed by atoms with van der Waals surface area (Å²) in [6.45, 7) is 3.44. The van der Waals surface area contributed by atoms with Gasteiger partial charge in [0.1, 0.15) is 23.7 Å². The molecule has 1 aromatic rings. The maximum atomic E-state index is 12.1. The largest absolute Gasteiger partial charge is 0.497 e. The van der Waals surface area contributed by atoms with E-state index in [2.05, 4.69) is 4.74 Å². The standard InChI is InChI=1S/C17H20O5/c1-5-12(2)16(18)15(17(19)21-4)9-10-22-14-8-6-7-13(11-14)20-3/h5-9,11H,10H2,1-4H3/b12-5+,15-9-. The van der Waals surface area contributed by atoms with Gasteiger partial charge in [-0.1, -0.05) is 12.1 Å². The van der Waals surface area contributed by atoms with Crippen molar-refractivity contribution < 1.29 is 23.8 Å². The summed E-state index contributed by atoms with van der Waals surface area (Å²) < 4.78 is 15.2. The number of esters is 1. The second kappa shape index (κ2) is 8.67. The van der Waals surface area contributed by atoms with Gasteiger partial charge in [-0.05, 0) is 37.6 Å². The van der Waals surface area contributed by atoms with E-state index in [1.54, 1.807) is 51.3 Å². The van der Waals surface area contributed by atoms with Crippen LogP contribution >= 0.6 is 0 Å². The number of Topliss-reactive ketones (excluding diaryl/α,β-unsaturated/α-hetero) is 1. The fourth-order valence-electron chi connectivity index (χ4n) is 1.63. The summed E-state index contributed by atoms with van der Waals surface area (Å²) >= 11 is 0. The molecule has 5 heteroatoms. The van der Waals surface area contributed by atoms with Gasteiger partial charge in [-0.25, -0.2) is 4.79 Å². The molecule has 1 aromatic carbocycles. The highest BCUT2D eigenvalue weighted by Crippen LogP contribution is 2.19. The van der Waals surface area contributed by atoms with Gasteiger partial charge in [0.25, 0.3) is 0 Å². The molecule has 0 spiro atoms. The van der Waals surface area contributed by atoms with Crippen molar-refractivity contribution in [3.8, 4) is 11.5 Å². The first-order valence-electron chi connectivity index (χ1n) is 6.76. The number of benzene rings is 1. The number of carbonyl (C=O) groups excluding carboxylic acids is 2. The minimum atomic E-state index is -0.680. The average molecular weight is 304 g/mol. The number of hydrogen-bond donors (Lipinski definition) is 0. The molecule has 0 radical (unpaired) electrons.